The van der Waals surface area contributed by atoms with Gasteiger partial charge >= 0.3 is 5.24 Å². The number of aliphatic hydroxyl groups is 1. The summed E-state index contributed by atoms with van der Waals surface area (Å²) in [6, 6.07) is 6.47. The summed E-state index contributed by atoms with van der Waals surface area (Å²) in [5.74, 6) is -0.517. The Balaban J connectivity index is 2.27. The number of aliphatic hydroxyl groups excluding tert-OH is 1. The number of imide groups is 1. The van der Waals surface area contributed by atoms with Crippen molar-refractivity contribution in [1.82, 2.24) is 15.3 Å². The lowest BCUT2D eigenvalue weighted by atomic mass is 10.1. The fourth-order valence-corrected chi connectivity index (χ4v) is 2.82. The van der Waals surface area contributed by atoms with Crippen LogP contribution >= 0.6 is 11.8 Å². The zero-order valence-corrected chi connectivity index (χ0v) is 13.8. The quantitative estimate of drug-likeness (QED) is 0.601. The van der Waals surface area contributed by atoms with Crippen LogP contribution in [0.15, 0.2) is 24.3 Å². The summed E-state index contributed by atoms with van der Waals surface area (Å²) in [6.45, 7) is 1.87. The van der Waals surface area contributed by atoms with E-state index in [1.807, 2.05) is 6.92 Å². The Hall–Kier alpha value is -1.90. The molecule has 3 amide bonds. The number of carbonyl (C=O) groups excluding carboxylic acids is 3. The molecule has 1 aromatic carbocycles. The highest BCUT2D eigenvalue weighted by Gasteiger charge is 2.41. The predicted molar refractivity (Wildman–Crippen MR) is 86.9 cm³/mol. The molecule has 1 unspecified atom stereocenters. The third-order valence-electron chi connectivity index (χ3n) is 3.44. The van der Waals surface area contributed by atoms with Gasteiger partial charge in [-0.25, -0.2) is 5.01 Å². The second kappa shape index (κ2) is 7.58. The molecular formula is C15H19N3O4S. The van der Waals surface area contributed by atoms with E-state index in [2.05, 4.69) is 5.32 Å². The number of thioether (sulfide) groups is 1. The van der Waals surface area contributed by atoms with Gasteiger partial charge in [0.15, 0.2) is 0 Å². The number of hydrogen-bond donors (Lipinski definition) is 2. The first-order valence-electron chi connectivity index (χ1n) is 7.28. The molecule has 8 heteroatoms. The van der Waals surface area contributed by atoms with Gasteiger partial charge in [0.2, 0.25) is 0 Å². The van der Waals surface area contributed by atoms with E-state index in [0.29, 0.717) is 5.75 Å². The maximum atomic E-state index is 12.5. The van der Waals surface area contributed by atoms with Gasteiger partial charge in [0.05, 0.1) is 11.1 Å². The van der Waals surface area contributed by atoms with Crippen molar-refractivity contribution in [2.24, 2.45) is 0 Å². The van der Waals surface area contributed by atoms with Crippen molar-refractivity contribution in [3.8, 4) is 0 Å². The minimum absolute atomic E-state index is 0.0549. The molecule has 0 aromatic heterocycles. The van der Waals surface area contributed by atoms with Gasteiger partial charge in [0, 0.05) is 13.0 Å². The summed E-state index contributed by atoms with van der Waals surface area (Å²) in [6.07, 6.45) is -0.632. The van der Waals surface area contributed by atoms with E-state index < -0.39 is 23.3 Å². The van der Waals surface area contributed by atoms with Crippen LogP contribution in [0.1, 0.15) is 34.1 Å². The summed E-state index contributed by atoms with van der Waals surface area (Å²) in [4.78, 5) is 37.3. The summed E-state index contributed by atoms with van der Waals surface area (Å²) >= 11 is 1.01. The Morgan fingerprint density at radius 3 is 2.35 bits per heavy atom. The molecule has 0 saturated heterocycles. The van der Waals surface area contributed by atoms with E-state index in [-0.39, 0.29) is 24.1 Å². The van der Waals surface area contributed by atoms with Crippen LogP contribution in [0, 0.1) is 0 Å². The van der Waals surface area contributed by atoms with Crippen molar-refractivity contribution in [2.45, 2.75) is 19.6 Å². The number of amides is 3. The van der Waals surface area contributed by atoms with Gasteiger partial charge in [-0.05, 0) is 24.9 Å². The monoisotopic (exact) mass is 337 g/mol. The largest absolute Gasteiger partial charge is 0.379 e. The van der Waals surface area contributed by atoms with E-state index in [1.54, 1.807) is 31.3 Å². The maximum Gasteiger partial charge on any atom is 0.300 e. The van der Waals surface area contributed by atoms with Gasteiger partial charge in [0.25, 0.3) is 11.8 Å². The first-order chi connectivity index (χ1) is 11.0. The van der Waals surface area contributed by atoms with Crippen molar-refractivity contribution >= 4 is 28.8 Å². The zero-order valence-electron chi connectivity index (χ0n) is 13.0. The molecule has 0 radical (unpaired) electrons. The third kappa shape index (κ3) is 3.54. The molecule has 0 bridgehead atoms. The first-order valence-corrected chi connectivity index (χ1v) is 8.27. The van der Waals surface area contributed by atoms with E-state index in [9.17, 15) is 19.5 Å². The van der Waals surface area contributed by atoms with Crippen LogP contribution in [0.5, 0.6) is 0 Å². The van der Waals surface area contributed by atoms with Gasteiger partial charge in [-0.3, -0.25) is 19.7 Å². The number of hydrogen-bond acceptors (Lipinski definition) is 6. The molecule has 2 rings (SSSR count). The maximum absolute atomic E-state index is 12.5. The standard InChI is InChI=1S/C15H19N3O4S/c1-3-23-15(22)17(9-8-12(19)16-2)18-13(20)10-6-4-5-7-11(10)14(18)21/h4-7,12,16,19H,3,8-9H2,1-2H3. The second-order valence-electron chi connectivity index (χ2n) is 4.88. The van der Waals surface area contributed by atoms with Gasteiger partial charge < -0.3 is 5.11 Å². The van der Waals surface area contributed by atoms with E-state index >= 15 is 0 Å². The molecule has 1 aromatic rings. The number of benzene rings is 1. The summed E-state index contributed by atoms with van der Waals surface area (Å²) in [7, 11) is 1.58. The second-order valence-corrected chi connectivity index (χ2v) is 6.10. The van der Waals surface area contributed by atoms with Crippen LogP contribution in [-0.4, -0.2) is 57.8 Å². The van der Waals surface area contributed by atoms with Crippen LogP contribution in [0.4, 0.5) is 4.79 Å². The van der Waals surface area contributed by atoms with Crippen LogP contribution in [0.2, 0.25) is 0 Å². The van der Waals surface area contributed by atoms with Crippen molar-refractivity contribution < 1.29 is 19.5 Å². The highest BCUT2D eigenvalue weighted by molar-refractivity contribution is 8.13. The molecule has 1 heterocycles. The summed E-state index contributed by atoms with van der Waals surface area (Å²) in [5, 5.41) is 13.9. The van der Waals surface area contributed by atoms with Crippen molar-refractivity contribution in [2.75, 3.05) is 19.3 Å². The lowest BCUT2D eigenvalue weighted by Crippen LogP contribution is -2.49. The molecule has 0 aliphatic carbocycles. The Bertz CT molecular complexity index is 587. The lowest BCUT2D eigenvalue weighted by molar-refractivity contribution is 0.0167. The molecule has 23 heavy (non-hydrogen) atoms. The molecule has 124 valence electrons. The van der Waals surface area contributed by atoms with Crippen LogP contribution < -0.4 is 5.32 Å². The smallest absolute Gasteiger partial charge is 0.300 e. The minimum atomic E-state index is -0.827. The average molecular weight is 337 g/mol. The lowest BCUT2D eigenvalue weighted by Gasteiger charge is -2.30. The first kappa shape index (κ1) is 17.5. The van der Waals surface area contributed by atoms with E-state index in [1.165, 1.54) is 0 Å². The van der Waals surface area contributed by atoms with Crippen molar-refractivity contribution in [3.63, 3.8) is 0 Å². The number of rotatable bonds is 6. The number of nitrogens with zero attached hydrogens (tertiary/aromatic N) is 2. The van der Waals surface area contributed by atoms with Gasteiger partial charge in [-0.15, -0.1) is 0 Å². The Labute approximate surface area is 138 Å². The highest BCUT2D eigenvalue weighted by atomic mass is 32.2. The third-order valence-corrected chi connectivity index (χ3v) is 4.19. The average Bonchev–Trinajstić information content (AvgIpc) is 2.80. The summed E-state index contributed by atoms with van der Waals surface area (Å²) < 4.78 is 0. The fourth-order valence-electron chi connectivity index (χ4n) is 2.26. The van der Waals surface area contributed by atoms with Crippen LogP contribution in [-0.2, 0) is 0 Å². The SMILES string of the molecule is CCSC(=O)N(CCC(O)NC)N1C(=O)c2ccccc2C1=O. The Morgan fingerprint density at radius 2 is 1.87 bits per heavy atom. The number of fused-ring (bicyclic) bond motifs is 1. The topological polar surface area (TPSA) is 90.0 Å². The van der Waals surface area contributed by atoms with E-state index in [0.717, 1.165) is 21.8 Å². The molecular weight excluding hydrogens is 318 g/mol. The predicted octanol–water partition coefficient (Wildman–Crippen LogP) is 1.30. The molecule has 7 nitrogen and oxygen atoms in total. The van der Waals surface area contributed by atoms with Gasteiger partial charge in [-0.2, -0.15) is 5.01 Å². The Morgan fingerprint density at radius 1 is 1.30 bits per heavy atom. The molecule has 0 saturated carbocycles. The molecule has 1 atom stereocenters. The van der Waals surface area contributed by atoms with E-state index in [4.69, 9.17) is 0 Å². The highest BCUT2D eigenvalue weighted by Crippen LogP contribution is 2.26. The minimum Gasteiger partial charge on any atom is -0.379 e. The Kier molecular flexibility index (Phi) is 5.75. The van der Waals surface area contributed by atoms with Crippen LogP contribution in [0.25, 0.3) is 0 Å². The zero-order chi connectivity index (χ0) is 17.0. The molecule has 1 aliphatic heterocycles. The van der Waals surface area contributed by atoms with Crippen molar-refractivity contribution in [1.29, 1.82) is 0 Å². The van der Waals surface area contributed by atoms with Gasteiger partial charge in [-0.1, -0.05) is 30.8 Å². The number of carbonyl (C=O) groups is 3. The normalized spacial score (nSPS) is 14.8. The van der Waals surface area contributed by atoms with Crippen molar-refractivity contribution in [3.05, 3.63) is 35.4 Å². The molecule has 0 fully saturated rings. The number of nitrogens with one attached hydrogen (secondary N) is 1. The molecule has 0 spiro atoms. The number of hydrazine groups is 1. The summed E-state index contributed by atoms with van der Waals surface area (Å²) in [5.41, 5.74) is 0.567. The van der Waals surface area contributed by atoms with Crippen LogP contribution in [0.3, 0.4) is 0 Å². The van der Waals surface area contributed by atoms with Gasteiger partial charge in [0.1, 0.15) is 6.23 Å². The molecule has 2 N–H and O–H groups in total. The molecule has 1 aliphatic rings. The fraction of sp³-hybridized carbons (Fsp3) is 0.400.